The molecule has 1 amide bonds. The summed E-state index contributed by atoms with van der Waals surface area (Å²) in [6, 6.07) is 0. The van der Waals surface area contributed by atoms with Gasteiger partial charge in [-0.1, -0.05) is 38.3 Å². The van der Waals surface area contributed by atoms with Crippen molar-refractivity contribution in [2.45, 2.75) is 71.3 Å². The van der Waals surface area contributed by atoms with E-state index in [-0.39, 0.29) is 5.91 Å². The minimum Gasteiger partial charge on any atom is -0.392 e. The van der Waals surface area contributed by atoms with Crippen LogP contribution in [0.4, 0.5) is 0 Å². The van der Waals surface area contributed by atoms with Crippen LogP contribution in [0.5, 0.6) is 0 Å². The van der Waals surface area contributed by atoms with Crippen molar-refractivity contribution in [1.82, 2.24) is 5.32 Å². The molecule has 0 spiro atoms. The Morgan fingerprint density at radius 1 is 1.17 bits per heavy atom. The monoisotopic (exact) mass is 255 g/mol. The van der Waals surface area contributed by atoms with E-state index in [1.54, 1.807) is 6.92 Å². The largest absolute Gasteiger partial charge is 0.392 e. The lowest BCUT2D eigenvalue weighted by Crippen LogP contribution is -2.30. The van der Waals surface area contributed by atoms with Crippen LogP contribution in [0.15, 0.2) is 12.2 Å². The zero-order valence-electron chi connectivity index (χ0n) is 12.0. The third-order valence-electron chi connectivity index (χ3n) is 2.77. The minimum absolute atomic E-state index is 0.0572. The van der Waals surface area contributed by atoms with Gasteiger partial charge in [-0.15, -0.1) is 0 Å². The number of hydrogen-bond donors (Lipinski definition) is 2. The van der Waals surface area contributed by atoms with Crippen LogP contribution in [0, 0.1) is 0 Å². The van der Waals surface area contributed by atoms with Gasteiger partial charge in [0.2, 0.25) is 5.91 Å². The molecule has 0 heterocycles. The minimum atomic E-state index is -0.454. The van der Waals surface area contributed by atoms with Gasteiger partial charge < -0.3 is 10.4 Å². The van der Waals surface area contributed by atoms with Gasteiger partial charge in [-0.3, -0.25) is 4.79 Å². The van der Waals surface area contributed by atoms with Crippen LogP contribution in [0.1, 0.15) is 65.2 Å². The lowest BCUT2D eigenvalue weighted by atomic mass is 10.1. The molecule has 0 aromatic heterocycles. The zero-order valence-corrected chi connectivity index (χ0v) is 12.0. The van der Waals surface area contributed by atoms with Gasteiger partial charge in [-0.05, 0) is 32.6 Å². The molecule has 0 fully saturated rings. The Hall–Kier alpha value is -0.830. The van der Waals surface area contributed by atoms with Crippen LogP contribution in [0.2, 0.25) is 0 Å². The Morgan fingerprint density at radius 3 is 2.50 bits per heavy atom. The topological polar surface area (TPSA) is 49.3 Å². The van der Waals surface area contributed by atoms with Gasteiger partial charge in [-0.25, -0.2) is 0 Å². The number of hydrogen-bond acceptors (Lipinski definition) is 2. The number of nitrogens with one attached hydrogen (secondary N) is 1. The number of allylic oxidation sites excluding steroid dienone is 2. The first-order valence-corrected chi connectivity index (χ1v) is 7.26. The summed E-state index contributed by atoms with van der Waals surface area (Å²) in [6.07, 6.45) is 12.7. The Kier molecular flexibility index (Phi) is 12.0. The number of carbonyl (C=O) groups excluding carboxylic acids is 1. The molecule has 106 valence electrons. The summed E-state index contributed by atoms with van der Waals surface area (Å²) in [4.78, 5) is 11.3. The van der Waals surface area contributed by atoms with Gasteiger partial charge in [0.15, 0.2) is 0 Å². The standard InChI is InChI=1S/C15H29NO2/c1-3-4-5-6-7-8-9-10-11-12-15(18)16-13-14(2)17/h4-5,14,17H,3,6-13H2,1-2H3,(H,16,18). The molecule has 0 saturated heterocycles. The van der Waals surface area contributed by atoms with Gasteiger partial charge in [-0.2, -0.15) is 0 Å². The molecule has 3 heteroatoms. The average Bonchev–Trinajstić information content (AvgIpc) is 2.34. The van der Waals surface area contributed by atoms with Gasteiger partial charge in [0, 0.05) is 13.0 Å². The van der Waals surface area contributed by atoms with Gasteiger partial charge in [0.05, 0.1) is 6.10 Å². The normalized spacial score (nSPS) is 12.8. The highest BCUT2D eigenvalue weighted by atomic mass is 16.3. The Bertz CT molecular complexity index is 225. The van der Waals surface area contributed by atoms with Crippen LogP contribution in [-0.2, 0) is 4.79 Å². The summed E-state index contributed by atoms with van der Waals surface area (Å²) in [5.74, 6) is 0.0572. The summed E-state index contributed by atoms with van der Waals surface area (Å²) in [5, 5.41) is 11.7. The first-order valence-electron chi connectivity index (χ1n) is 7.26. The zero-order chi connectivity index (χ0) is 13.6. The first kappa shape index (κ1) is 17.2. The van der Waals surface area contributed by atoms with Crippen molar-refractivity contribution in [3.63, 3.8) is 0 Å². The third-order valence-corrected chi connectivity index (χ3v) is 2.77. The number of aliphatic hydroxyl groups is 1. The predicted octanol–water partition coefficient (Wildman–Crippen LogP) is 3.18. The quantitative estimate of drug-likeness (QED) is 0.440. The fourth-order valence-electron chi connectivity index (χ4n) is 1.71. The Balaban J connectivity index is 3.20. The SMILES string of the molecule is CCC=CCCCCCCCC(=O)NCC(C)O. The van der Waals surface area contributed by atoms with E-state index >= 15 is 0 Å². The summed E-state index contributed by atoms with van der Waals surface area (Å²) >= 11 is 0. The molecule has 18 heavy (non-hydrogen) atoms. The maximum absolute atomic E-state index is 11.3. The maximum Gasteiger partial charge on any atom is 0.220 e. The lowest BCUT2D eigenvalue weighted by molar-refractivity contribution is -0.121. The number of aliphatic hydroxyl groups excluding tert-OH is 1. The van der Waals surface area contributed by atoms with E-state index < -0.39 is 6.10 Å². The molecule has 0 aliphatic rings. The summed E-state index contributed by atoms with van der Waals surface area (Å²) < 4.78 is 0. The van der Waals surface area contributed by atoms with Gasteiger partial charge in [0.1, 0.15) is 0 Å². The van der Waals surface area contributed by atoms with Gasteiger partial charge >= 0.3 is 0 Å². The van der Waals surface area contributed by atoms with E-state index in [1.165, 1.54) is 25.7 Å². The molecule has 0 rings (SSSR count). The molecule has 0 aliphatic heterocycles. The van der Waals surface area contributed by atoms with Crippen molar-refractivity contribution in [3.8, 4) is 0 Å². The smallest absolute Gasteiger partial charge is 0.220 e. The van der Waals surface area contributed by atoms with Crippen molar-refractivity contribution in [2.24, 2.45) is 0 Å². The number of carbonyl (C=O) groups is 1. The Morgan fingerprint density at radius 2 is 1.83 bits per heavy atom. The van der Waals surface area contributed by atoms with Crippen molar-refractivity contribution in [3.05, 3.63) is 12.2 Å². The molecular weight excluding hydrogens is 226 g/mol. The number of rotatable bonds is 11. The highest BCUT2D eigenvalue weighted by Crippen LogP contribution is 2.07. The molecule has 0 aliphatic carbocycles. The van der Waals surface area contributed by atoms with E-state index in [4.69, 9.17) is 5.11 Å². The summed E-state index contributed by atoms with van der Waals surface area (Å²) in [5.41, 5.74) is 0. The maximum atomic E-state index is 11.3. The lowest BCUT2D eigenvalue weighted by Gasteiger charge is -2.06. The predicted molar refractivity (Wildman–Crippen MR) is 76.4 cm³/mol. The van der Waals surface area contributed by atoms with E-state index in [1.807, 2.05) is 0 Å². The van der Waals surface area contributed by atoms with E-state index in [0.29, 0.717) is 13.0 Å². The van der Waals surface area contributed by atoms with Crippen LogP contribution in [-0.4, -0.2) is 23.7 Å². The molecular formula is C15H29NO2. The first-order chi connectivity index (χ1) is 8.66. The molecule has 0 aromatic carbocycles. The van der Waals surface area contributed by atoms with Crippen LogP contribution >= 0.6 is 0 Å². The molecule has 0 saturated carbocycles. The fraction of sp³-hybridized carbons (Fsp3) is 0.800. The van der Waals surface area contributed by atoms with E-state index in [9.17, 15) is 4.79 Å². The fourth-order valence-corrected chi connectivity index (χ4v) is 1.71. The third kappa shape index (κ3) is 13.2. The van der Waals surface area contributed by atoms with Crippen molar-refractivity contribution in [1.29, 1.82) is 0 Å². The molecule has 0 bridgehead atoms. The van der Waals surface area contributed by atoms with Crippen molar-refractivity contribution < 1.29 is 9.90 Å². The van der Waals surface area contributed by atoms with E-state index in [0.717, 1.165) is 19.3 Å². The highest BCUT2D eigenvalue weighted by Gasteiger charge is 2.02. The highest BCUT2D eigenvalue weighted by molar-refractivity contribution is 5.75. The second kappa shape index (κ2) is 12.6. The molecule has 1 unspecified atom stereocenters. The average molecular weight is 255 g/mol. The Labute approximate surface area is 112 Å². The van der Waals surface area contributed by atoms with Crippen molar-refractivity contribution in [2.75, 3.05) is 6.54 Å². The molecule has 1 atom stereocenters. The molecule has 0 aromatic rings. The van der Waals surface area contributed by atoms with Gasteiger partial charge in [0.25, 0.3) is 0 Å². The molecule has 3 nitrogen and oxygen atoms in total. The van der Waals surface area contributed by atoms with Crippen molar-refractivity contribution >= 4 is 5.91 Å². The van der Waals surface area contributed by atoms with Crippen LogP contribution in [0.25, 0.3) is 0 Å². The number of amides is 1. The molecule has 0 radical (unpaired) electrons. The summed E-state index contributed by atoms with van der Waals surface area (Å²) in [7, 11) is 0. The second-order valence-corrected chi connectivity index (χ2v) is 4.84. The van der Waals surface area contributed by atoms with Crippen LogP contribution < -0.4 is 5.32 Å². The summed E-state index contributed by atoms with van der Waals surface area (Å²) in [6.45, 7) is 4.19. The molecule has 2 N–H and O–H groups in total. The van der Waals surface area contributed by atoms with Crippen LogP contribution in [0.3, 0.4) is 0 Å². The van der Waals surface area contributed by atoms with E-state index in [2.05, 4.69) is 24.4 Å². The second-order valence-electron chi connectivity index (χ2n) is 4.84. The number of unbranched alkanes of at least 4 members (excludes halogenated alkanes) is 5.